The van der Waals surface area contributed by atoms with Crippen molar-refractivity contribution >= 4 is 12.1 Å². The molecule has 0 aliphatic carbocycles. The summed E-state index contributed by atoms with van der Waals surface area (Å²) in [4.78, 5) is 18.2. The Balaban J connectivity index is 1.53. The van der Waals surface area contributed by atoms with Crippen LogP contribution in [0.4, 0.5) is 0 Å². The summed E-state index contributed by atoms with van der Waals surface area (Å²) >= 11 is 0. The number of rotatable bonds is 4. The normalized spacial score (nSPS) is 14.2. The van der Waals surface area contributed by atoms with Crippen LogP contribution in [0.2, 0.25) is 0 Å². The van der Waals surface area contributed by atoms with E-state index in [1.54, 1.807) is 12.4 Å². The van der Waals surface area contributed by atoms with E-state index in [1.165, 1.54) is 22.3 Å². The Morgan fingerprint density at radius 3 is 2.57 bits per heavy atom. The largest absolute Gasteiger partial charge is 0.286 e. The predicted molar refractivity (Wildman–Crippen MR) is 90.0 cm³/mol. The lowest BCUT2D eigenvalue weighted by molar-refractivity contribution is -0.122. The van der Waals surface area contributed by atoms with Crippen molar-refractivity contribution in [2.45, 2.75) is 26.9 Å². The summed E-state index contributed by atoms with van der Waals surface area (Å²) in [5, 5.41) is 3.95. The SMILES string of the molecule is Cc1cc2c(cc1C)CN(CC(=O)N/N=C/c1ccccn1)C2. The molecule has 1 N–H and O–H groups in total. The van der Waals surface area contributed by atoms with Crippen molar-refractivity contribution in [1.29, 1.82) is 0 Å². The number of nitrogens with one attached hydrogen (secondary N) is 1. The fourth-order valence-corrected chi connectivity index (χ4v) is 2.74. The van der Waals surface area contributed by atoms with Crippen LogP contribution in [0.3, 0.4) is 0 Å². The Kier molecular flexibility index (Phi) is 4.48. The van der Waals surface area contributed by atoms with Crippen molar-refractivity contribution in [3.63, 3.8) is 0 Å². The number of hydrazone groups is 1. The second kappa shape index (κ2) is 6.71. The van der Waals surface area contributed by atoms with Gasteiger partial charge in [0.25, 0.3) is 5.91 Å². The van der Waals surface area contributed by atoms with Crippen LogP contribution in [-0.2, 0) is 17.9 Å². The molecule has 0 unspecified atom stereocenters. The van der Waals surface area contributed by atoms with Gasteiger partial charge in [0.15, 0.2) is 0 Å². The minimum Gasteiger partial charge on any atom is -0.286 e. The maximum atomic E-state index is 12.0. The van der Waals surface area contributed by atoms with Gasteiger partial charge in [-0.1, -0.05) is 18.2 Å². The van der Waals surface area contributed by atoms with E-state index >= 15 is 0 Å². The number of benzene rings is 1. The van der Waals surface area contributed by atoms with Gasteiger partial charge in [-0.15, -0.1) is 0 Å². The third-order valence-corrected chi connectivity index (χ3v) is 4.04. The Morgan fingerprint density at radius 2 is 1.96 bits per heavy atom. The van der Waals surface area contributed by atoms with Gasteiger partial charge in [0.1, 0.15) is 0 Å². The van der Waals surface area contributed by atoms with Crippen molar-refractivity contribution in [3.05, 3.63) is 64.5 Å². The number of hydrogen-bond donors (Lipinski definition) is 1. The summed E-state index contributed by atoms with van der Waals surface area (Å²) in [6, 6.07) is 9.99. The van der Waals surface area contributed by atoms with E-state index in [1.807, 2.05) is 18.2 Å². The van der Waals surface area contributed by atoms with E-state index < -0.39 is 0 Å². The van der Waals surface area contributed by atoms with E-state index in [4.69, 9.17) is 0 Å². The van der Waals surface area contributed by atoms with Gasteiger partial charge in [0, 0.05) is 19.3 Å². The van der Waals surface area contributed by atoms with Crippen LogP contribution in [0.1, 0.15) is 27.9 Å². The smallest absolute Gasteiger partial charge is 0.254 e. The first-order valence-electron chi connectivity index (χ1n) is 7.66. The summed E-state index contributed by atoms with van der Waals surface area (Å²) < 4.78 is 0. The molecule has 1 aromatic heterocycles. The van der Waals surface area contributed by atoms with E-state index in [0.29, 0.717) is 12.2 Å². The van der Waals surface area contributed by atoms with Crippen LogP contribution in [0, 0.1) is 13.8 Å². The van der Waals surface area contributed by atoms with Gasteiger partial charge in [0.05, 0.1) is 18.5 Å². The molecule has 0 spiro atoms. The first-order valence-corrected chi connectivity index (χ1v) is 7.66. The monoisotopic (exact) mass is 308 g/mol. The second-order valence-electron chi connectivity index (χ2n) is 5.90. The molecule has 1 amide bonds. The highest BCUT2D eigenvalue weighted by atomic mass is 16.2. The van der Waals surface area contributed by atoms with Gasteiger partial charge < -0.3 is 0 Å². The molecule has 0 saturated heterocycles. The highest BCUT2D eigenvalue weighted by molar-refractivity contribution is 5.81. The molecule has 2 aromatic rings. The molecule has 5 nitrogen and oxygen atoms in total. The Bertz CT molecular complexity index is 709. The van der Waals surface area contributed by atoms with Gasteiger partial charge in [-0.2, -0.15) is 5.10 Å². The van der Waals surface area contributed by atoms with Gasteiger partial charge >= 0.3 is 0 Å². The number of carbonyl (C=O) groups excluding carboxylic acids is 1. The number of fused-ring (bicyclic) bond motifs is 1. The molecule has 0 saturated carbocycles. The molecule has 1 aliphatic heterocycles. The first kappa shape index (κ1) is 15.4. The van der Waals surface area contributed by atoms with Crippen LogP contribution >= 0.6 is 0 Å². The van der Waals surface area contributed by atoms with Crippen molar-refractivity contribution in [1.82, 2.24) is 15.3 Å². The quantitative estimate of drug-likeness (QED) is 0.695. The van der Waals surface area contributed by atoms with E-state index in [-0.39, 0.29) is 5.91 Å². The zero-order chi connectivity index (χ0) is 16.2. The number of hydrogen-bond acceptors (Lipinski definition) is 4. The molecule has 1 aromatic carbocycles. The Labute approximate surface area is 136 Å². The van der Waals surface area contributed by atoms with Crippen LogP contribution < -0.4 is 5.43 Å². The lowest BCUT2D eigenvalue weighted by Gasteiger charge is -2.12. The summed E-state index contributed by atoms with van der Waals surface area (Å²) in [6.45, 7) is 6.21. The lowest BCUT2D eigenvalue weighted by atomic mass is 10.0. The van der Waals surface area contributed by atoms with Crippen molar-refractivity contribution in [2.75, 3.05) is 6.54 Å². The van der Waals surface area contributed by atoms with E-state index in [9.17, 15) is 4.79 Å². The molecule has 0 radical (unpaired) electrons. The second-order valence-corrected chi connectivity index (χ2v) is 5.90. The number of amides is 1. The maximum absolute atomic E-state index is 12.0. The molecule has 0 fully saturated rings. The molecule has 0 atom stereocenters. The molecule has 3 rings (SSSR count). The van der Waals surface area contributed by atoms with Crippen LogP contribution in [0.25, 0.3) is 0 Å². The highest BCUT2D eigenvalue weighted by Gasteiger charge is 2.21. The molecule has 118 valence electrons. The van der Waals surface area contributed by atoms with Crippen LogP contribution in [0.15, 0.2) is 41.6 Å². The average Bonchev–Trinajstić information content (AvgIpc) is 2.90. The zero-order valence-corrected chi connectivity index (χ0v) is 13.4. The number of aryl methyl sites for hydroxylation is 2. The van der Waals surface area contributed by atoms with Crippen molar-refractivity contribution in [3.8, 4) is 0 Å². The lowest BCUT2D eigenvalue weighted by Crippen LogP contribution is -2.32. The summed E-state index contributed by atoms with van der Waals surface area (Å²) in [5.41, 5.74) is 8.51. The Morgan fingerprint density at radius 1 is 1.26 bits per heavy atom. The highest BCUT2D eigenvalue weighted by Crippen LogP contribution is 2.25. The average molecular weight is 308 g/mol. The molecule has 5 heteroatoms. The topological polar surface area (TPSA) is 57.6 Å². The standard InChI is InChI=1S/C18H20N4O/c1-13-7-15-10-22(11-16(15)8-14(13)2)12-18(23)21-20-9-17-5-3-4-6-19-17/h3-9H,10-12H2,1-2H3,(H,21,23)/b20-9+. The van der Waals surface area contributed by atoms with Gasteiger partial charge in [-0.25, -0.2) is 5.43 Å². The van der Waals surface area contributed by atoms with Crippen molar-refractivity contribution < 1.29 is 4.79 Å². The van der Waals surface area contributed by atoms with Gasteiger partial charge in [0.2, 0.25) is 0 Å². The zero-order valence-electron chi connectivity index (χ0n) is 13.4. The summed E-state index contributed by atoms with van der Waals surface area (Å²) in [5.74, 6) is -0.113. The maximum Gasteiger partial charge on any atom is 0.254 e. The minimum absolute atomic E-state index is 0.113. The molecule has 1 aliphatic rings. The third-order valence-electron chi connectivity index (χ3n) is 4.04. The molecular weight excluding hydrogens is 288 g/mol. The van der Waals surface area contributed by atoms with Crippen LogP contribution in [0.5, 0.6) is 0 Å². The summed E-state index contributed by atoms with van der Waals surface area (Å²) in [7, 11) is 0. The minimum atomic E-state index is -0.113. The fraction of sp³-hybridized carbons (Fsp3) is 0.278. The first-order chi connectivity index (χ1) is 11.1. The summed E-state index contributed by atoms with van der Waals surface area (Å²) in [6.07, 6.45) is 3.23. The van der Waals surface area contributed by atoms with Crippen molar-refractivity contribution in [2.24, 2.45) is 5.10 Å². The number of nitrogens with zero attached hydrogens (tertiary/aromatic N) is 3. The number of aromatic nitrogens is 1. The number of pyridine rings is 1. The third kappa shape index (κ3) is 3.81. The predicted octanol–water partition coefficient (Wildman–Crippen LogP) is 2.16. The molecule has 2 heterocycles. The van der Waals surface area contributed by atoms with E-state index in [0.717, 1.165) is 13.1 Å². The van der Waals surface area contributed by atoms with E-state index in [2.05, 4.69) is 46.4 Å². The van der Waals surface area contributed by atoms with Crippen LogP contribution in [-0.4, -0.2) is 28.6 Å². The molecule has 0 bridgehead atoms. The fourth-order valence-electron chi connectivity index (χ4n) is 2.74. The molecule has 23 heavy (non-hydrogen) atoms. The van der Waals surface area contributed by atoms with Gasteiger partial charge in [-0.05, 0) is 48.2 Å². The number of carbonyl (C=O) groups is 1. The Hall–Kier alpha value is -2.53. The van der Waals surface area contributed by atoms with Gasteiger partial charge in [-0.3, -0.25) is 14.7 Å². The molecular formula is C18H20N4O.